The van der Waals surface area contributed by atoms with Crippen LogP contribution in [0.1, 0.15) is 24.5 Å². The summed E-state index contributed by atoms with van der Waals surface area (Å²) >= 11 is 0. The summed E-state index contributed by atoms with van der Waals surface area (Å²) in [7, 11) is 0. The van der Waals surface area contributed by atoms with E-state index in [0.29, 0.717) is 6.04 Å². The maximum atomic E-state index is 13.5. The van der Waals surface area contributed by atoms with Crippen LogP contribution in [-0.4, -0.2) is 11.0 Å². The molecule has 100 valence electrons. The quantitative estimate of drug-likeness (QED) is 0.859. The summed E-state index contributed by atoms with van der Waals surface area (Å²) in [5.74, 6) is -0.109. The molecule has 1 atom stereocenters. The lowest BCUT2D eigenvalue weighted by atomic mass is 10.1. The number of nitrogens with one attached hydrogen (secondary N) is 1. The summed E-state index contributed by atoms with van der Waals surface area (Å²) in [5.41, 5.74) is 1.96. The van der Waals surface area contributed by atoms with Crippen molar-refractivity contribution in [3.8, 4) is 0 Å². The van der Waals surface area contributed by atoms with Crippen LogP contribution in [0.2, 0.25) is 0 Å². The van der Waals surface area contributed by atoms with Crippen LogP contribution in [0.5, 0.6) is 0 Å². The number of aromatic nitrogens is 1. The second-order valence-corrected chi connectivity index (χ2v) is 4.77. The van der Waals surface area contributed by atoms with Crippen molar-refractivity contribution in [3.05, 3.63) is 65.7 Å². The number of nitrogens with zero attached hydrogens (tertiary/aromatic N) is 1. The average Bonchev–Trinajstić information content (AvgIpc) is 2.45. The maximum absolute atomic E-state index is 13.5. The molecule has 0 bridgehead atoms. The number of hydrogen-bond acceptors (Lipinski definition) is 2. The Morgan fingerprint density at radius 1 is 1.21 bits per heavy atom. The number of hydrogen-bond donors (Lipinski definition) is 1. The highest BCUT2D eigenvalue weighted by atomic mass is 19.1. The molecule has 1 heterocycles. The Labute approximate surface area is 113 Å². The third-order valence-corrected chi connectivity index (χ3v) is 3.18. The monoisotopic (exact) mass is 258 g/mol. The van der Waals surface area contributed by atoms with Crippen LogP contribution in [0.25, 0.3) is 0 Å². The fourth-order valence-electron chi connectivity index (χ4n) is 1.97. The minimum Gasteiger partial charge on any atom is -0.310 e. The van der Waals surface area contributed by atoms with E-state index in [1.165, 1.54) is 11.6 Å². The standard InChI is InChI=1S/C16H19FN2/c1-13(19-12-14-5-4-10-18-11-14)8-9-15-6-2-3-7-16(15)17/h2-7,10-11,13,19H,8-9,12H2,1H3/t13-/m0/s1. The van der Waals surface area contributed by atoms with E-state index in [9.17, 15) is 4.39 Å². The van der Waals surface area contributed by atoms with Crippen LogP contribution in [0.4, 0.5) is 4.39 Å². The molecule has 0 aliphatic heterocycles. The van der Waals surface area contributed by atoms with Crippen molar-refractivity contribution in [2.75, 3.05) is 0 Å². The summed E-state index contributed by atoms with van der Waals surface area (Å²) in [6.07, 6.45) is 5.30. The third-order valence-electron chi connectivity index (χ3n) is 3.18. The molecule has 0 fully saturated rings. The maximum Gasteiger partial charge on any atom is 0.126 e. The first kappa shape index (κ1) is 13.7. The molecule has 2 rings (SSSR count). The van der Waals surface area contributed by atoms with Crippen LogP contribution in [0.15, 0.2) is 48.8 Å². The van der Waals surface area contributed by atoms with Crippen LogP contribution in [-0.2, 0) is 13.0 Å². The molecular formula is C16H19FN2. The largest absolute Gasteiger partial charge is 0.310 e. The van der Waals surface area contributed by atoms with Crippen LogP contribution >= 0.6 is 0 Å². The Morgan fingerprint density at radius 3 is 2.79 bits per heavy atom. The van der Waals surface area contributed by atoms with Gasteiger partial charge in [-0.1, -0.05) is 24.3 Å². The molecular weight excluding hydrogens is 239 g/mol. The van der Waals surface area contributed by atoms with E-state index in [0.717, 1.165) is 24.9 Å². The third kappa shape index (κ3) is 4.45. The van der Waals surface area contributed by atoms with Gasteiger partial charge < -0.3 is 5.32 Å². The Bertz CT molecular complexity index is 499. The predicted octanol–water partition coefficient (Wildman–Crippen LogP) is 3.33. The summed E-state index contributed by atoms with van der Waals surface area (Å²) in [4.78, 5) is 4.08. The molecule has 0 unspecified atom stereocenters. The Kier molecular flexibility index (Phi) is 5.04. The van der Waals surface area contributed by atoms with Gasteiger partial charge in [-0.15, -0.1) is 0 Å². The zero-order valence-electron chi connectivity index (χ0n) is 11.1. The number of rotatable bonds is 6. The van der Waals surface area contributed by atoms with Crippen LogP contribution in [0.3, 0.4) is 0 Å². The molecule has 0 aliphatic carbocycles. The van der Waals surface area contributed by atoms with Gasteiger partial charge in [0.2, 0.25) is 0 Å². The number of benzene rings is 1. The summed E-state index contributed by atoms with van der Waals surface area (Å²) in [5, 5.41) is 3.43. The van der Waals surface area contributed by atoms with E-state index in [1.54, 1.807) is 12.3 Å². The topological polar surface area (TPSA) is 24.9 Å². The van der Waals surface area contributed by atoms with Gasteiger partial charge in [-0.2, -0.15) is 0 Å². The highest BCUT2D eigenvalue weighted by molar-refractivity contribution is 5.17. The SMILES string of the molecule is C[C@@H](CCc1ccccc1F)NCc1cccnc1. The molecule has 1 aromatic carbocycles. The van der Waals surface area contributed by atoms with Crippen LogP contribution in [0, 0.1) is 5.82 Å². The van der Waals surface area contributed by atoms with Crippen molar-refractivity contribution < 1.29 is 4.39 Å². The van der Waals surface area contributed by atoms with Crippen molar-refractivity contribution in [1.82, 2.24) is 10.3 Å². The van der Waals surface area contributed by atoms with E-state index in [2.05, 4.69) is 17.2 Å². The molecule has 0 saturated carbocycles. The summed E-state index contributed by atoms with van der Waals surface area (Å²) in [6.45, 7) is 2.92. The number of pyridine rings is 1. The molecule has 0 amide bonds. The number of aryl methyl sites for hydroxylation is 1. The highest BCUT2D eigenvalue weighted by Gasteiger charge is 2.05. The van der Waals surface area contributed by atoms with Gasteiger partial charge in [0, 0.05) is 25.0 Å². The molecule has 0 saturated heterocycles. The second kappa shape index (κ2) is 7.00. The fourth-order valence-corrected chi connectivity index (χ4v) is 1.97. The van der Waals surface area contributed by atoms with Crippen molar-refractivity contribution in [2.24, 2.45) is 0 Å². The summed E-state index contributed by atoms with van der Waals surface area (Å²) in [6, 6.07) is 11.3. The Morgan fingerprint density at radius 2 is 2.05 bits per heavy atom. The van der Waals surface area contributed by atoms with Crippen LogP contribution < -0.4 is 5.32 Å². The van der Waals surface area contributed by atoms with Gasteiger partial charge in [0.1, 0.15) is 5.82 Å². The minimum atomic E-state index is -0.109. The predicted molar refractivity (Wildman–Crippen MR) is 75.3 cm³/mol. The molecule has 2 aromatic rings. The fraction of sp³-hybridized carbons (Fsp3) is 0.312. The van der Waals surface area contributed by atoms with Gasteiger partial charge in [-0.25, -0.2) is 4.39 Å². The van der Waals surface area contributed by atoms with E-state index in [-0.39, 0.29) is 5.82 Å². The molecule has 0 aliphatic rings. The first-order chi connectivity index (χ1) is 9.25. The lowest BCUT2D eigenvalue weighted by molar-refractivity contribution is 0.506. The molecule has 3 heteroatoms. The lowest BCUT2D eigenvalue weighted by Crippen LogP contribution is -2.26. The first-order valence-corrected chi connectivity index (χ1v) is 6.61. The van der Waals surface area contributed by atoms with E-state index in [4.69, 9.17) is 0 Å². The Hall–Kier alpha value is -1.74. The van der Waals surface area contributed by atoms with Gasteiger partial charge >= 0.3 is 0 Å². The zero-order chi connectivity index (χ0) is 13.5. The van der Waals surface area contributed by atoms with Gasteiger partial charge in [-0.05, 0) is 43.0 Å². The minimum absolute atomic E-state index is 0.109. The van der Waals surface area contributed by atoms with Gasteiger partial charge in [0.25, 0.3) is 0 Å². The Balaban J connectivity index is 1.76. The molecule has 19 heavy (non-hydrogen) atoms. The molecule has 0 radical (unpaired) electrons. The normalized spacial score (nSPS) is 12.3. The molecule has 1 aromatic heterocycles. The van der Waals surface area contributed by atoms with E-state index in [1.807, 2.05) is 30.5 Å². The van der Waals surface area contributed by atoms with E-state index < -0.39 is 0 Å². The zero-order valence-corrected chi connectivity index (χ0v) is 11.1. The van der Waals surface area contributed by atoms with Crippen molar-refractivity contribution in [2.45, 2.75) is 32.4 Å². The average molecular weight is 258 g/mol. The summed E-state index contributed by atoms with van der Waals surface area (Å²) < 4.78 is 13.5. The second-order valence-electron chi connectivity index (χ2n) is 4.77. The lowest BCUT2D eigenvalue weighted by Gasteiger charge is -2.13. The molecule has 0 spiro atoms. The van der Waals surface area contributed by atoms with Gasteiger partial charge in [0.15, 0.2) is 0 Å². The van der Waals surface area contributed by atoms with Crippen molar-refractivity contribution in [1.29, 1.82) is 0 Å². The molecule has 1 N–H and O–H groups in total. The van der Waals surface area contributed by atoms with Crippen molar-refractivity contribution in [3.63, 3.8) is 0 Å². The number of halogens is 1. The van der Waals surface area contributed by atoms with Gasteiger partial charge in [0.05, 0.1) is 0 Å². The van der Waals surface area contributed by atoms with Crippen molar-refractivity contribution >= 4 is 0 Å². The smallest absolute Gasteiger partial charge is 0.126 e. The first-order valence-electron chi connectivity index (χ1n) is 6.61. The molecule has 2 nitrogen and oxygen atoms in total. The van der Waals surface area contributed by atoms with E-state index >= 15 is 0 Å². The van der Waals surface area contributed by atoms with Gasteiger partial charge in [-0.3, -0.25) is 4.98 Å². The highest BCUT2D eigenvalue weighted by Crippen LogP contribution is 2.10.